The monoisotopic (exact) mass is 796 g/mol. The van der Waals surface area contributed by atoms with E-state index in [1.165, 1.54) is 56.0 Å². The van der Waals surface area contributed by atoms with Crippen LogP contribution in [0.25, 0.3) is 33.5 Å². The summed E-state index contributed by atoms with van der Waals surface area (Å²) in [6, 6.07) is 73.7. The summed E-state index contributed by atoms with van der Waals surface area (Å²) in [6.45, 7) is 1.36. The van der Waals surface area contributed by atoms with Crippen LogP contribution in [0.4, 0.5) is 17.1 Å². The van der Waals surface area contributed by atoms with Gasteiger partial charge in [0.25, 0.3) is 0 Å². The molecule has 8 aromatic carbocycles. The Morgan fingerprint density at radius 2 is 1.15 bits per heavy atom. The summed E-state index contributed by atoms with van der Waals surface area (Å²) in [5.74, 6) is 0. The van der Waals surface area contributed by atoms with Crippen molar-refractivity contribution in [3.63, 3.8) is 0 Å². The average molecular weight is 797 g/mol. The lowest BCUT2D eigenvalue weighted by atomic mass is 9.65. The number of nitrogens with one attached hydrogen (secondary N) is 1. The number of hydrogen-bond acceptors (Lipinski definition) is 4. The Morgan fingerprint density at radius 3 is 1.84 bits per heavy atom. The zero-order valence-corrected chi connectivity index (χ0v) is 34.2. The van der Waals surface area contributed by atoms with Gasteiger partial charge in [-0.15, -0.1) is 0 Å². The second-order valence-electron chi connectivity index (χ2n) is 16.1. The largest absolute Gasteiger partial charge is 0.398 e. The van der Waals surface area contributed by atoms with Gasteiger partial charge in [0.15, 0.2) is 0 Å². The first-order chi connectivity index (χ1) is 30.7. The normalized spacial score (nSPS) is 14.8. The number of anilines is 3. The van der Waals surface area contributed by atoms with Crippen LogP contribution in [0.15, 0.2) is 235 Å². The van der Waals surface area contributed by atoms with Gasteiger partial charge in [0.1, 0.15) is 0 Å². The minimum atomic E-state index is -0.523. The van der Waals surface area contributed by atoms with E-state index in [4.69, 9.17) is 10.7 Å². The van der Waals surface area contributed by atoms with Crippen molar-refractivity contribution in [2.24, 2.45) is 10.7 Å². The highest BCUT2D eigenvalue weighted by atomic mass is 15.2. The summed E-state index contributed by atoms with van der Waals surface area (Å²) < 4.78 is 0. The van der Waals surface area contributed by atoms with Crippen molar-refractivity contribution in [1.82, 2.24) is 5.32 Å². The number of benzene rings is 8. The lowest BCUT2D eigenvalue weighted by Gasteiger charge is -2.46. The van der Waals surface area contributed by atoms with Crippen LogP contribution in [0.2, 0.25) is 0 Å². The lowest BCUT2D eigenvalue weighted by Crippen LogP contribution is -2.41. The van der Waals surface area contributed by atoms with Gasteiger partial charge in [-0.1, -0.05) is 182 Å². The first-order valence-electron chi connectivity index (χ1n) is 21.3. The van der Waals surface area contributed by atoms with Crippen LogP contribution < -0.4 is 16.0 Å². The molecule has 296 valence electrons. The molecule has 4 nitrogen and oxygen atoms in total. The van der Waals surface area contributed by atoms with Crippen molar-refractivity contribution in [3.8, 4) is 22.3 Å². The molecule has 0 atom stereocenters. The van der Waals surface area contributed by atoms with E-state index in [1.807, 2.05) is 42.5 Å². The van der Waals surface area contributed by atoms with E-state index in [0.717, 1.165) is 45.8 Å². The molecule has 11 rings (SSSR count). The molecule has 3 N–H and O–H groups in total. The molecule has 3 aliphatic rings. The van der Waals surface area contributed by atoms with E-state index < -0.39 is 5.41 Å². The van der Waals surface area contributed by atoms with Crippen molar-refractivity contribution in [3.05, 3.63) is 269 Å². The molecule has 0 bridgehead atoms. The Kier molecular flexibility index (Phi) is 9.32. The maximum Gasteiger partial charge on any atom is 0.0901 e. The molecule has 4 heteroatoms. The lowest BCUT2D eigenvalue weighted by molar-refractivity contribution is 0.659. The van der Waals surface area contributed by atoms with Crippen molar-refractivity contribution < 1.29 is 0 Å². The number of nitrogens with zero attached hydrogens (tertiary/aromatic N) is 2. The maximum absolute atomic E-state index is 6.86. The van der Waals surface area contributed by atoms with Gasteiger partial charge < -0.3 is 16.0 Å². The number of hydrogen-bond donors (Lipinski definition) is 2. The van der Waals surface area contributed by atoms with Gasteiger partial charge in [-0.05, 0) is 104 Å². The average Bonchev–Trinajstić information content (AvgIpc) is 3.64. The Morgan fingerprint density at radius 1 is 0.565 bits per heavy atom. The fraction of sp³-hybridized carbons (Fsp3) is 0.0517. The molecule has 2 heterocycles. The Balaban J connectivity index is 0.959. The molecule has 0 radical (unpaired) electrons. The predicted octanol–water partition coefficient (Wildman–Crippen LogP) is 13.0. The first kappa shape index (κ1) is 37.1. The van der Waals surface area contributed by atoms with Crippen molar-refractivity contribution >= 4 is 34.0 Å². The summed E-state index contributed by atoms with van der Waals surface area (Å²) in [5, 5.41) is 3.91. The highest BCUT2D eigenvalue weighted by molar-refractivity contribution is 6.12. The van der Waals surface area contributed by atoms with Crippen LogP contribution in [0.1, 0.15) is 38.9 Å². The molecule has 0 aromatic heterocycles. The van der Waals surface area contributed by atoms with Gasteiger partial charge in [-0.3, -0.25) is 4.99 Å². The van der Waals surface area contributed by atoms with Crippen LogP contribution in [0, 0.1) is 0 Å². The molecule has 0 amide bonds. The highest BCUT2D eigenvalue weighted by Crippen LogP contribution is 2.62. The van der Waals surface area contributed by atoms with E-state index in [-0.39, 0.29) is 0 Å². The molecule has 0 saturated carbocycles. The molecule has 0 fully saturated rings. The predicted molar refractivity (Wildman–Crippen MR) is 258 cm³/mol. The van der Waals surface area contributed by atoms with Crippen molar-refractivity contribution in [2.45, 2.75) is 12.0 Å². The number of para-hydroxylation sites is 3. The Labute approximate surface area is 363 Å². The van der Waals surface area contributed by atoms with Gasteiger partial charge in [-0.25, -0.2) is 0 Å². The fourth-order valence-electron chi connectivity index (χ4n) is 9.69. The van der Waals surface area contributed by atoms with E-state index in [0.29, 0.717) is 12.2 Å². The summed E-state index contributed by atoms with van der Waals surface area (Å²) >= 11 is 0. The molecule has 0 unspecified atom stereocenters. The molecular weight excluding hydrogens is 753 g/mol. The third-order valence-electron chi connectivity index (χ3n) is 12.5. The standard InChI is InChI=1S/C58H44N4/c59-53(38-54(43-18-6-2-7-19-43)61-39-40-16-4-1-5-17-40)46-21-14-20-44(36-46)41-29-31-42(32-30-41)45-33-34-48-49-24-15-35-60-57(49)58(52(48)37-45)50-25-10-12-27-55(50)62(47-22-8-3-9-23-47)56-28-13-11-26-51(56)58/h1-34,36-38,60H,35,39,59H2/b53-38-,61-54+. The van der Waals surface area contributed by atoms with E-state index in [9.17, 15) is 0 Å². The summed E-state index contributed by atoms with van der Waals surface area (Å²) in [7, 11) is 0. The topological polar surface area (TPSA) is 53.6 Å². The first-order valence-corrected chi connectivity index (χ1v) is 21.3. The van der Waals surface area contributed by atoms with E-state index in [1.54, 1.807) is 0 Å². The molecule has 2 aliphatic heterocycles. The van der Waals surface area contributed by atoms with Gasteiger partial charge in [0.2, 0.25) is 0 Å². The number of rotatable bonds is 8. The summed E-state index contributed by atoms with van der Waals surface area (Å²) in [4.78, 5) is 7.43. The van der Waals surface area contributed by atoms with Gasteiger partial charge in [-0.2, -0.15) is 0 Å². The molecule has 1 aliphatic carbocycles. The maximum atomic E-state index is 6.86. The second-order valence-corrected chi connectivity index (χ2v) is 16.1. The van der Waals surface area contributed by atoms with E-state index >= 15 is 0 Å². The number of aliphatic imine (C=N–C) groups is 1. The molecule has 1 spiro atoms. The number of allylic oxidation sites excluding steroid dienone is 4. The van der Waals surface area contributed by atoms with Crippen LogP contribution in [0.5, 0.6) is 0 Å². The van der Waals surface area contributed by atoms with Gasteiger partial charge in [0, 0.05) is 29.2 Å². The van der Waals surface area contributed by atoms with Gasteiger partial charge >= 0.3 is 0 Å². The Hall–Kier alpha value is -7.95. The molecule has 8 aromatic rings. The third-order valence-corrected chi connectivity index (χ3v) is 12.5. The van der Waals surface area contributed by atoms with Crippen LogP contribution >= 0.6 is 0 Å². The van der Waals surface area contributed by atoms with E-state index in [2.05, 4.69) is 192 Å². The minimum absolute atomic E-state index is 0.523. The molecule has 62 heavy (non-hydrogen) atoms. The highest BCUT2D eigenvalue weighted by Gasteiger charge is 2.53. The van der Waals surface area contributed by atoms with Crippen LogP contribution in [0.3, 0.4) is 0 Å². The summed E-state index contributed by atoms with van der Waals surface area (Å²) in [6.07, 6.45) is 6.56. The minimum Gasteiger partial charge on any atom is -0.398 e. The number of fused-ring (bicyclic) bond motifs is 8. The van der Waals surface area contributed by atoms with Crippen molar-refractivity contribution in [1.29, 1.82) is 0 Å². The Bertz CT molecular complexity index is 3040. The number of dihydropyridines is 1. The smallest absolute Gasteiger partial charge is 0.0901 e. The van der Waals surface area contributed by atoms with Crippen LogP contribution in [-0.4, -0.2) is 12.3 Å². The van der Waals surface area contributed by atoms with Gasteiger partial charge in [0.05, 0.1) is 29.0 Å². The number of nitrogens with two attached hydrogens (primary N) is 1. The summed E-state index contributed by atoms with van der Waals surface area (Å²) in [5.41, 5.74) is 26.7. The van der Waals surface area contributed by atoms with Crippen LogP contribution in [-0.2, 0) is 12.0 Å². The second kappa shape index (κ2) is 15.6. The zero-order chi connectivity index (χ0) is 41.5. The SMILES string of the molecule is N/C(=C\C(=N/Cc1ccccc1)c1ccccc1)c1cccc(-c2ccc(-c3ccc4c(c3)C3(C5=C4C=CCN5)c4ccccc4N(c4ccccc4)c4ccccc43)cc2)c1. The quantitative estimate of drug-likeness (QED) is 0.151. The molecule has 0 saturated heterocycles. The zero-order valence-electron chi connectivity index (χ0n) is 34.2. The third kappa shape index (κ3) is 6.27. The van der Waals surface area contributed by atoms with Crippen molar-refractivity contribution in [2.75, 3.05) is 11.4 Å². The fourth-order valence-corrected chi connectivity index (χ4v) is 9.69. The molecular formula is C58H44N4.